The van der Waals surface area contributed by atoms with Gasteiger partial charge in [0, 0.05) is 11.3 Å². The number of benzene rings is 1. The summed E-state index contributed by atoms with van der Waals surface area (Å²) in [5.41, 5.74) is 2.40. The van der Waals surface area contributed by atoms with Gasteiger partial charge in [0.2, 0.25) is 5.91 Å². The molecule has 4 heteroatoms. The molecule has 1 aliphatic rings. The van der Waals surface area contributed by atoms with E-state index < -0.39 is 0 Å². The number of amides is 1. The van der Waals surface area contributed by atoms with Crippen LogP contribution >= 0.6 is 0 Å². The molecule has 0 aliphatic carbocycles. The summed E-state index contributed by atoms with van der Waals surface area (Å²) >= 11 is 0. The van der Waals surface area contributed by atoms with Crippen molar-refractivity contribution in [3.63, 3.8) is 0 Å². The molecular formula is C12H14N2O2. The van der Waals surface area contributed by atoms with Gasteiger partial charge in [-0.25, -0.2) is 0 Å². The number of hydrogen-bond donors (Lipinski definition) is 2. The van der Waals surface area contributed by atoms with Gasteiger partial charge < -0.3 is 10.6 Å². The first-order valence-corrected chi connectivity index (χ1v) is 5.37. The molecule has 0 bridgehead atoms. The number of nitrogens with one attached hydrogen (secondary N) is 2. The molecule has 2 N–H and O–H groups in total. The first-order valence-electron chi connectivity index (χ1n) is 5.37. The molecule has 4 nitrogen and oxygen atoms in total. The molecule has 0 atom stereocenters. The van der Waals surface area contributed by atoms with Crippen LogP contribution in [0, 0.1) is 0 Å². The summed E-state index contributed by atoms with van der Waals surface area (Å²) < 4.78 is 0. The van der Waals surface area contributed by atoms with E-state index in [9.17, 15) is 9.59 Å². The molecule has 1 aliphatic heterocycles. The van der Waals surface area contributed by atoms with Crippen LogP contribution in [0.4, 0.5) is 5.69 Å². The summed E-state index contributed by atoms with van der Waals surface area (Å²) in [6, 6.07) is 5.34. The Morgan fingerprint density at radius 1 is 1.50 bits per heavy atom. The molecule has 84 valence electrons. The second kappa shape index (κ2) is 4.45. The fourth-order valence-electron chi connectivity index (χ4n) is 1.74. The van der Waals surface area contributed by atoms with Crippen LogP contribution < -0.4 is 10.6 Å². The molecule has 1 aromatic carbocycles. The predicted octanol–water partition coefficient (Wildman–Crippen LogP) is 0.973. The molecule has 1 heterocycles. The minimum absolute atomic E-state index is 0.00807. The summed E-state index contributed by atoms with van der Waals surface area (Å²) in [4.78, 5) is 22.9. The van der Waals surface area contributed by atoms with Crippen LogP contribution in [0.15, 0.2) is 18.2 Å². The number of ketones is 1. The van der Waals surface area contributed by atoms with E-state index in [-0.39, 0.29) is 11.7 Å². The highest BCUT2D eigenvalue weighted by atomic mass is 16.1. The first-order chi connectivity index (χ1) is 7.70. The van der Waals surface area contributed by atoms with Crippen molar-refractivity contribution in [2.75, 3.05) is 18.4 Å². The minimum Gasteiger partial charge on any atom is -0.326 e. The normalized spacial score (nSPS) is 13.4. The summed E-state index contributed by atoms with van der Waals surface area (Å²) in [7, 11) is 0. The van der Waals surface area contributed by atoms with Gasteiger partial charge in [0.25, 0.3) is 0 Å². The van der Waals surface area contributed by atoms with Crippen LogP contribution in [-0.4, -0.2) is 24.8 Å². The van der Waals surface area contributed by atoms with Crippen LogP contribution in [0.25, 0.3) is 0 Å². The van der Waals surface area contributed by atoms with Gasteiger partial charge in [0.1, 0.15) is 0 Å². The van der Waals surface area contributed by atoms with Gasteiger partial charge in [-0.1, -0.05) is 6.92 Å². The number of fused-ring (bicyclic) bond motifs is 1. The molecule has 2 rings (SSSR count). The monoisotopic (exact) mass is 218 g/mol. The summed E-state index contributed by atoms with van der Waals surface area (Å²) in [5, 5.41) is 5.73. The second-order valence-corrected chi connectivity index (χ2v) is 3.80. The maximum atomic E-state index is 11.7. The highest BCUT2D eigenvalue weighted by Crippen LogP contribution is 2.23. The highest BCUT2D eigenvalue weighted by molar-refractivity contribution is 6.02. The van der Waals surface area contributed by atoms with Crippen molar-refractivity contribution in [1.82, 2.24) is 5.32 Å². The van der Waals surface area contributed by atoms with Gasteiger partial charge in [-0.15, -0.1) is 0 Å². The molecule has 0 saturated carbocycles. The summed E-state index contributed by atoms with van der Waals surface area (Å²) in [6.45, 7) is 3.08. The third kappa shape index (κ3) is 2.12. The van der Waals surface area contributed by atoms with E-state index in [0.29, 0.717) is 18.5 Å². The van der Waals surface area contributed by atoms with Crippen molar-refractivity contribution in [1.29, 1.82) is 0 Å². The zero-order valence-corrected chi connectivity index (χ0v) is 9.17. The Hall–Kier alpha value is -1.68. The smallest absolute Gasteiger partial charge is 0.228 e. The van der Waals surface area contributed by atoms with Crippen LogP contribution in [0.3, 0.4) is 0 Å². The Labute approximate surface area is 94.0 Å². The number of carbonyl (C=O) groups is 2. The van der Waals surface area contributed by atoms with Crippen molar-refractivity contribution in [2.45, 2.75) is 13.3 Å². The number of hydrogen-bond acceptors (Lipinski definition) is 3. The van der Waals surface area contributed by atoms with Crippen LogP contribution in [-0.2, 0) is 11.2 Å². The van der Waals surface area contributed by atoms with E-state index in [0.717, 1.165) is 17.8 Å². The quantitative estimate of drug-likeness (QED) is 0.740. The Morgan fingerprint density at radius 2 is 2.31 bits per heavy atom. The third-order valence-electron chi connectivity index (χ3n) is 2.59. The van der Waals surface area contributed by atoms with Gasteiger partial charge in [-0.3, -0.25) is 9.59 Å². The van der Waals surface area contributed by atoms with E-state index in [1.807, 2.05) is 6.92 Å². The Balaban J connectivity index is 2.16. The fraction of sp³-hybridized carbons (Fsp3) is 0.333. The van der Waals surface area contributed by atoms with Gasteiger partial charge >= 0.3 is 0 Å². The number of Topliss-reactive ketones (excluding diaryl/α,β-unsaturated/α-hetero) is 1. The lowest BCUT2D eigenvalue weighted by Gasteiger charge is -2.04. The number of carbonyl (C=O) groups excluding carboxylic acids is 2. The molecule has 16 heavy (non-hydrogen) atoms. The molecule has 0 saturated heterocycles. The Bertz CT molecular complexity index is 441. The average molecular weight is 218 g/mol. The second-order valence-electron chi connectivity index (χ2n) is 3.80. The van der Waals surface area contributed by atoms with Crippen LogP contribution in [0.5, 0.6) is 0 Å². The third-order valence-corrected chi connectivity index (χ3v) is 2.59. The SMILES string of the molecule is CCNCC(=O)c1ccc2c(c1)CC(=O)N2. The number of anilines is 1. The Morgan fingerprint density at radius 3 is 3.06 bits per heavy atom. The Kier molecular flexibility index (Phi) is 3.01. The zero-order valence-electron chi connectivity index (χ0n) is 9.17. The minimum atomic E-state index is -0.00807. The molecular weight excluding hydrogens is 204 g/mol. The van der Waals surface area contributed by atoms with Gasteiger partial charge in [0.05, 0.1) is 13.0 Å². The van der Waals surface area contributed by atoms with Gasteiger partial charge in [0.15, 0.2) is 5.78 Å². The van der Waals surface area contributed by atoms with Crippen molar-refractivity contribution in [3.8, 4) is 0 Å². The molecule has 1 aromatic rings. The lowest BCUT2D eigenvalue weighted by Crippen LogP contribution is -2.22. The molecule has 0 aromatic heterocycles. The lowest BCUT2D eigenvalue weighted by molar-refractivity contribution is -0.115. The van der Waals surface area contributed by atoms with Crippen molar-refractivity contribution in [2.24, 2.45) is 0 Å². The predicted molar refractivity (Wildman–Crippen MR) is 61.6 cm³/mol. The van der Waals surface area contributed by atoms with Gasteiger partial charge in [-0.2, -0.15) is 0 Å². The largest absolute Gasteiger partial charge is 0.326 e. The topological polar surface area (TPSA) is 58.2 Å². The van der Waals surface area contributed by atoms with Crippen LogP contribution in [0.1, 0.15) is 22.8 Å². The molecule has 0 fully saturated rings. The van der Waals surface area contributed by atoms with E-state index in [2.05, 4.69) is 10.6 Å². The van der Waals surface area contributed by atoms with Crippen molar-refractivity contribution < 1.29 is 9.59 Å². The number of rotatable bonds is 4. The maximum absolute atomic E-state index is 11.7. The van der Waals surface area contributed by atoms with E-state index >= 15 is 0 Å². The van der Waals surface area contributed by atoms with Crippen molar-refractivity contribution >= 4 is 17.4 Å². The maximum Gasteiger partial charge on any atom is 0.228 e. The van der Waals surface area contributed by atoms with Gasteiger partial charge in [-0.05, 0) is 30.3 Å². The molecule has 0 unspecified atom stereocenters. The fourth-order valence-corrected chi connectivity index (χ4v) is 1.74. The van der Waals surface area contributed by atoms with Crippen LogP contribution in [0.2, 0.25) is 0 Å². The number of likely N-dealkylation sites (N-methyl/N-ethyl adjacent to an activating group) is 1. The average Bonchev–Trinajstić information content (AvgIpc) is 2.64. The van der Waals surface area contributed by atoms with E-state index in [1.54, 1.807) is 18.2 Å². The zero-order chi connectivity index (χ0) is 11.5. The standard InChI is InChI=1S/C12H14N2O2/c1-2-13-7-11(15)8-3-4-10-9(5-8)6-12(16)14-10/h3-5,13H,2,6-7H2,1H3,(H,14,16). The molecule has 0 spiro atoms. The van der Waals surface area contributed by atoms with Crippen molar-refractivity contribution in [3.05, 3.63) is 29.3 Å². The molecule has 0 radical (unpaired) electrons. The highest BCUT2D eigenvalue weighted by Gasteiger charge is 2.18. The van der Waals surface area contributed by atoms with E-state index in [4.69, 9.17) is 0 Å². The van der Waals surface area contributed by atoms with E-state index in [1.165, 1.54) is 0 Å². The lowest BCUT2D eigenvalue weighted by atomic mass is 10.1. The molecule has 1 amide bonds. The summed E-state index contributed by atoms with van der Waals surface area (Å²) in [6.07, 6.45) is 0.373. The first kappa shape index (κ1) is 10.8. The summed E-state index contributed by atoms with van der Waals surface area (Å²) in [5.74, 6) is 0.0512.